The summed E-state index contributed by atoms with van der Waals surface area (Å²) in [7, 11) is 0. The average molecular weight is 247 g/mol. The van der Waals surface area contributed by atoms with E-state index in [0.29, 0.717) is 17.7 Å². The summed E-state index contributed by atoms with van der Waals surface area (Å²) in [5, 5.41) is 13.0. The molecule has 18 heavy (non-hydrogen) atoms. The first-order valence-corrected chi connectivity index (χ1v) is 6.27. The molecule has 1 atom stereocenters. The van der Waals surface area contributed by atoms with Crippen LogP contribution in [0.3, 0.4) is 0 Å². The number of Topliss-reactive ketones (excluding diaryl/α,β-unsaturated/α-hetero) is 1. The second kappa shape index (κ2) is 4.90. The van der Waals surface area contributed by atoms with Gasteiger partial charge in [-0.1, -0.05) is 38.0 Å². The maximum Gasteiger partial charge on any atom is 0.269 e. The van der Waals surface area contributed by atoms with Crippen molar-refractivity contribution in [3.8, 4) is 0 Å². The summed E-state index contributed by atoms with van der Waals surface area (Å²) in [6.07, 6.45) is 2.85. The van der Waals surface area contributed by atoms with E-state index in [1.165, 1.54) is 0 Å². The highest BCUT2D eigenvalue weighted by Crippen LogP contribution is 2.37. The number of hydrogen-bond donors (Lipinski definition) is 2. The minimum Gasteiger partial charge on any atom is -0.369 e. The molecule has 0 radical (unpaired) electrons. The normalized spacial score (nSPS) is 21.6. The van der Waals surface area contributed by atoms with E-state index in [-0.39, 0.29) is 6.42 Å². The Morgan fingerprint density at radius 1 is 1.33 bits per heavy atom. The minimum absolute atomic E-state index is 0.228. The van der Waals surface area contributed by atoms with E-state index in [4.69, 9.17) is 0 Å². The molecule has 0 bridgehead atoms. The number of unbranched alkanes of at least 4 members (excludes halogenated alkanes) is 2. The van der Waals surface area contributed by atoms with Gasteiger partial charge in [0.05, 0.1) is 0 Å². The quantitative estimate of drug-likeness (QED) is 0.617. The largest absolute Gasteiger partial charge is 0.369 e. The predicted octanol–water partition coefficient (Wildman–Crippen LogP) is 1.98. The number of hydrogen-bond acceptors (Lipinski definition) is 3. The zero-order valence-electron chi connectivity index (χ0n) is 10.4. The highest BCUT2D eigenvalue weighted by Gasteiger charge is 2.50. The number of anilines is 1. The van der Waals surface area contributed by atoms with Gasteiger partial charge in [-0.2, -0.15) is 0 Å². The van der Waals surface area contributed by atoms with E-state index >= 15 is 0 Å². The van der Waals surface area contributed by atoms with Gasteiger partial charge in [0.1, 0.15) is 0 Å². The van der Waals surface area contributed by atoms with Crippen LogP contribution in [0.15, 0.2) is 24.3 Å². The Hall–Kier alpha value is -1.68. The molecule has 1 heterocycles. The van der Waals surface area contributed by atoms with Crippen LogP contribution in [-0.2, 0) is 15.2 Å². The number of rotatable bonds is 5. The van der Waals surface area contributed by atoms with Crippen LogP contribution in [0.2, 0.25) is 0 Å². The summed E-state index contributed by atoms with van der Waals surface area (Å²) in [5.74, 6) is -1.05. The first kappa shape index (κ1) is 12.8. The molecule has 2 rings (SSSR count). The van der Waals surface area contributed by atoms with Gasteiger partial charge in [-0.05, 0) is 12.5 Å². The van der Waals surface area contributed by atoms with Crippen LogP contribution in [0.4, 0.5) is 5.69 Å². The van der Waals surface area contributed by atoms with Crippen LogP contribution in [0.1, 0.15) is 38.2 Å². The van der Waals surface area contributed by atoms with Crippen LogP contribution in [-0.4, -0.2) is 16.8 Å². The van der Waals surface area contributed by atoms with Gasteiger partial charge >= 0.3 is 0 Å². The van der Waals surface area contributed by atoms with Gasteiger partial charge in [-0.3, -0.25) is 9.59 Å². The minimum atomic E-state index is -2.00. The van der Waals surface area contributed by atoms with Crippen molar-refractivity contribution in [2.45, 2.75) is 38.2 Å². The van der Waals surface area contributed by atoms with Gasteiger partial charge in [0.15, 0.2) is 5.78 Å². The molecular formula is C14H17NO3. The first-order valence-electron chi connectivity index (χ1n) is 6.27. The maximum absolute atomic E-state index is 12.1. The maximum atomic E-state index is 12.1. The lowest BCUT2D eigenvalue weighted by Gasteiger charge is -2.19. The van der Waals surface area contributed by atoms with E-state index in [9.17, 15) is 14.7 Å². The Morgan fingerprint density at radius 2 is 2.06 bits per heavy atom. The molecule has 0 aliphatic carbocycles. The molecule has 4 heteroatoms. The first-order chi connectivity index (χ1) is 8.60. The van der Waals surface area contributed by atoms with Gasteiger partial charge < -0.3 is 10.4 Å². The van der Waals surface area contributed by atoms with Crippen LogP contribution in [0.5, 0.6) is 0 Å². The number of amides is 1. The van der Waals surface area contributed by atoms with E-state index < -0.39 is 17.3 Å². The molecule has 4 nitrogen and oxygen atoms in total. The SMILES string of the molecule is CCCCCC(=O)[C@@]1(O)C(=O)Nc2ccccc21. The molecule has 0 saturated carbocycles. The Balaban J connectivity index is 2.24. The van der Waals surface area contributed by atoms with Crippen molar-refractivity contribution < 1.29 is 14.7 Å². The fourth-order valence-electron chi connectivity index (χ4n) is 2.24. The Kier molecular flexibility index (Phi) is 3.48. The third-order valence-electron chi connectivity index (χ3n) is 3.30. The van der Waals surface area contributed by atoms with Crippen LogP contribution >= 0.6 is 0 Å². The number of benzene rings is 1. The molecule has 0 spiro atoms. The van der Waals surface area contributed by atoms with Gasteiger partial charge in [0, 0.05) is 17.7 Å². The summed E-state index contributed by atoms with van der Waals surface area (Å²) < 4.78 is 0. The molecule has 0 fully saturated rings. The summed E-state index contributed by atoms with van der Waals surface area (Å²) in [6, 6.07) is 6.77. The summed E-state index contributed by atoms with van der Waals surface area (Å²) in [6.45, 7) is 2.04. The molecule has 1 amide bonds. The van der Waals surface area contributed by atoms with Crippen LogP contribution in [0, 0.1) is 0 Å². The van der Waals surface area contributed by atoms with Crippen LogP contribution < -0.4 is 5.32 Å². The van der Waals surface area contributed by atoms with Crippen molar-refractivity contribution >= 4 is 17.4 Å². The molecule has 0 aromatic heterocycles. The third-order valence-corrected chi connectivity index (χ3v) is 3.30. The Morgan fingerprint density at radius 3 is 2.78 bits per heavy atom. The number of para-hydroxylation sites is 1. The summed E-state index contributed by atoms with van der Waals surface area (Å²) in [5.41, 5.74) is -1.10. The molecular weight excluding hydrogens is 230 g/mol. The number of aliphatic hydroxyl groups is 1. The zero-order valence-corrected chi connectivity index (χ0v) is 10.4. The van der Waals surface area contributed by atoms with Gasteiger partial charge in [0.25, 0.3) is 5.91 Å². The molecule has 1 aliphatic rings. The lowest BCUT2D eigenvalue weighted by atomic mass is 9.88. The second-order valence-electron chi connectivity index (χ2n) is 4.59. The molecule has 1 aromatic rings. The average Bonchev–Trinajstić information content (AvgIpc) is 2.63. The standard InChI is InChI=1S/C14H17NO3/c1-2-3-4-9-12(16)14(18)10-7-5-6-8-11(10)15-13(14)17/h5-8,18H,2-4,9H2,1H3,(H,15,17)/t14-/m1/s1. The zero-order chi connectivity index (χ0) is 13.2. The molecule has 2 N–H and O–H groups in total. The van der Waals surface area contributed by atoms with Gasteiger partial charge in [-0.25, -0.2) is 0 Å². The van der Waals surface area contributed by atoms with E-state index in [2.05, 4.69) is 5.32 Å². The van der Waals surface area contributed by atoms with Crippen molar-refractivity contribution in [3.63, 3.8) is 0 Å². The van der Waals surface area contributed by atoms with Gasteiger partial charge in [0.2, 0.25) is 5.60 Å². The van der Waals surface area contributed by atoms with E-state index in [0.717, 1.165) is 12.8 Å². The molecule has 0 unspecified atom stereocenters. The van der Waals surface area contributed by atoms with Crippen molar-refractivity contribution in [2.75, 3.05) is 5.32 Å². The topological polar surface area (TPSA) is 66.4 Å². The third kappa shape index (κ3) is 1.93. The number of carbonyl (C=O) groups is 2. The number of carbonyl (C=O) groups excluding carboxylic acids is 2. The van der Waals surface area contributed by atoms with Crippen molar-refractivity contribution in [1.29, 1.82) is 0 Å². The van der Waals surface area contributed by atoms with Crippen molar-refractivity contribution in [2.24, 2.45) is 0 Å². The lowest BCUT2D eigenvalue weighted by molar-refractivity contribution is -0.149. The smallest absolute Gasteiger partial charge is 0.269 e. The lowest BCUT2D eigenvalue weighted by Crippen LogP contribution is -2.42. The number of nitrogens with one attached hydrogen (secondary N) is 1. The summed E-state index contributed by atoms with van der Waals surface area (Å²) >= 11 is 0. The predicted molar refractivity (Wildman–Crippen MR) is 68.1 cm³/mol. The molecule has 1 aliphatic heterocycles. The fraction of sp³-hybridized carbons (Fsp3) is 0.429. The summed E-state index contributed by atoms with van der Waals surface area (Å²) in [4.78, 5) is 23.9. The molecule has 96 valence electrons. The monoisotopic (exact) mass is 247 g/mol. The fourth-order valence-corrected chi connectivity index (χ4v) is 2.24. The number of fused-ring (bicyclic) bond motifs is 1. The van der Waals surface area contributed by atoms with Crippen LogP contribution in [0.25, 0.3) is 0 Å². The second-order valence-corrected chi connectivity index (χ2v) is 4.59. The number of ketones is 1. The van der Waals surface area contributed by atoms with Crippen molar-refractivity contribution in [3.05, 3.63) is 29.8 Å². The molecule has 0 saturated heterocycles. The Bertz CT molecular complexity index is 484. The van der Waals surface area contributed by atoms with E-state index in [1.54, 1.807) is 24.3 Å². The highest BCUT2D eigenvalue weighted by molar-refractivity contribution is 6.19. The molecule has 1 aromatic carbocycles. The van der Waals surface area contributed by atoms with Gasteiger partial charge in [-0.15, -0.1) is 0 Å². The highest BCUT2D eigenvalue weighted by atomic mass is 16.3. The Labute approximate surface area is 106 Å². The van der Waals surface area contributed by atoms with Crippen molar-refractivity contribution in [1.82, 2.24) is 0 Å². The van der Waals surface area contributed by atoms with E-state index in [1.807, 2.05) is 6.92 Å².